The van der Waals surface area contributed by atoms with Crippen LogP contribution in [-0.2, 0) is 78.4 Å². The van der Waals surface area contributed by atoms with Crippen LogP contribution in [0.5, 0.6) is 0 Å². The van der Waals surface area contributed by atoms with Crippen molar-refractivity contribution >= 4 is 23.1 Å². The van der Waals surface area contributed by atoms with Gasteiger partial charge in [0.25, 0.3) is 0 Å². The maximum atomic E-state index is 0. The average molecular weight is 272 g/mol. The zero-order chi connectivity index (χ0) is 0. The van der Waals surface area contributed by atoms with Crippen molar-refractivity contribution in [3.63, 3.8) is 0 Å². The third kappa shape index (κ3) is 9.03. The Balaban J connectivity index is 0. The Bertz CT molecular complexity index is 13.5. The fourth-order valence-corrected chi connectivity index (χ4v) is 0. The second-order valence-electron chi connectivity index (χ2n) is 0. The molecule has 0 aromatic rings. The molecule has 0 saturated carbocycles. The monoisotopic (exact) mass is 269 g/mol. The zero-order valence-electron chi connectivity index (χ0n) is 4.49. The molecular weight excluding hydrogens is 270 g/mol. The predicted octanol–water partition coefficient (Wildman–Crippen LogP) is -0.163. The van der Waals surface area contributed by atoms with Crippen LogP contribution in [-0.4, -0.2) is 23.1 Å². The smallest absolute Gasteiger partial charge is 1.00 e. The molecule has 0 nitrogen and oxygen atoms in total. The molecule has 0 aliphatic rings. The first-order valence-corrected chi connectivity index (χ1v) is 0. The Hall–Kier alpha value is 3.38. The molecule has 4 heavy (non-hydrogen) atoms. The van der Waals surface area contributed by atoms with Gasteiger partial charge in [-0.15, -0.1) is 0 Å². The van der Waals surface area contributed by atoms with E-state index in [9.17, 15) is 0 Å². The molecule has 0 aromatic heterocycles. The summed E-state index contributed by atoms with van der Waals surface area (Å²) in [7, 11) is 0. The zero-order valence-corrected chi connectivity index (χ0v) is 12.2. The molecule has 0 amide bonds. The van der Waals surface area contributed by atoms with Gasteiger partial charge in [-0.3, -0.25) is 0 Å². The van der Waals surface area contributed by atoms with Crippen molar-refractivity contribution < 1.29 is 81.2 Å². The van der Waals surface area contributed by atoms with Gasteiger partial charge in [-0.2, -0.15) is 0 Å². The van der Waals surface area contributed by atoms with Crippen molar-refractivity contribution in [1.82, 2.24) is 0 Å². The second kappa shape index (κ2) is 16.2. The van der Waals surface area contributed by atoms with Gasteiger partial charge in [0.1, 0.15) is 0 Å². The molecule has 0 aliphatic carbocycles. The molecule has 0 unspecified atom stereocenters. The molecule has 0 fully saturated rings. The summed E-state index contributed by atoms with van der Waals surface area (Å²) in [5, 5.41) is 0. The van der Waals surface area contributed by atoms with Crippen LogP contribution < -0.4 is 0 Å². The average Bonchev–Trinajstić information content (AvgIpc) is 0. The third-order valence-corrected chi connectivity index (χ3v) is 0. The molecule has 0 aliphatic heterocycles. The Morgan fingerprint density at radius 3 is 1.25 bits per heavy atom. The van der Waals surface area contributed by atoms with Gasteiger partial charge in [-0.25, -0.2) is 0 Å². The first-order chi connectivity index (χ1) is 0. The maximum absolute atomic E-state index is 0. The normalized spacial score (nSPS) is 0. The van der Waals surface area contributed by atoms with Crippen LogP contribution in [0, 0.1) is 0 Å². The Labute approximate surface area is 102 Å². The Kier molecular flexibility index (Phi) is 106. The SMILES string of the molecule is [H-].[H-].[Mg+2].[Y].[Zn].[Zr]. The van der Waals surface area contributed by atoms with Crippen LogP contribution >= 0.6 is 0 Å². The summed E-state index contributed by atoms with van der Waals surface area (Å²) < 4.78 is 0. The molecule has 4 heteroatoms. The molecule has 0 spiro atoms. The van der Waals surface area contributed by atoms with Gasteiger partial charge in [0.05, 0.1) is 0 Å². The summed E-state index contributed by atoms with van der Waals surface area (Å²) in [6, 6.07) is 0. The van der Waals surface area contributed by atoms with Gasteiger partial charge in [-0.05, 0) is 0 Å². The molecule has 13 valence electrons. The van der Waals surface area contributed by atoms with Crippen LogP contribution in [0.3, 0.4) is 0 Å². The molecule has 0 aromatic carbocycles. The van der Waals surface area contributed by atoms with Crippen molar-refractivity contribution in [3.05, 3.63) is 0 Å². The molecule has 1 radical (unpaired) electrons. The Morgan fingerprint density at radius 2 is 1.25 bits per heavy atom. The van der Waals surface area contributed by atoms with Gasteiger partial charge in [0, 0.05) is 78.4 Å². The molecule has 0 N–H and O–H groups in total. The first-order valence-electron chi connectivity index (χ1n) is 0. The van der Waals surface area contributed by atoms with E-state index in [-0.39, 0.29) is 104 Å². The van der Waals surface area contributed by atoms with E-state index in [1.807, 2.05) is 0 Å². The van der Waals surface area contributed by atoms with E-state index >= 15 is 0 Å². The van der Waals surface area contributed by atoms with E-state index in [4.69, 9.17) is 0 Å². The molecular formula is H2MgYZnZr. The van der Waals surface area contributed by atoms with Crippen LogP contribution in [0.4, 0.5) is 0 Å². The minimum absolute atomic E-state index is 0. The van der Waals surface area contributed by atoms with Gasteiger partial charge in [-0.1, -0.05) is 0 Å². The summed E-state index contributed by atoms with van der Waals surface area (Å²) >= 11 is 0. The largest absolute Gasteiger partial charge is 2.00 e. The fraction of sp³-hybridized carbons (Fsp3) is 0. The molecule has 0 atom stereocenters. The first kappa shape index (κ1) is 26.3. The second-order valence-corrected chi connectivity index (χ2v) is 0. The maximum Gasteiger partial charge on any atom is 2.00 e. The summed E-state index contributed by atoms with van der Waals surface area (Å²) in [6.45, 7) is 0. The van der Waals surface area contributed by atoms with Gasteiger partial charge in [0.2, 0.25) is 0 Å². The van der Waals surface area contributed by atoms with Crippen molar-refractivity contribution in [2.45, 2.75) is 0 Å². The van der Waals surface area contributed by atoms with Crippen LogP contribution in [0.2, 0.25) is 0 Å². The van der Waals surface area contributed by atoms with E-state index < -0.39 is 0 Å². The van der Waals surface area contributed by atoms with Crippen molar-refractivity contribution in [2.75, 3.05) is 0 Å². The van der Waals surface area contributed by atoms with E-state index in [2.05, 4.69) is 0 Å². The van der Waals surface area contributed by atoms with Crippen LogP contribution in [0.1, 0.15) is 2.85 Å². The number of hydrogen-bond donors (Lipinski definition) is 0. The quantitative estimate of drug-likeness (QED) is 0.537. The Morgan fingerprint density at radius 1 is 1.25 bits per heavy atom. The minimum Gasteiger partial charge on any atom is -1.00 e. The molecule has 0 saturated heterocycles. The molecule has 0 rings (SSSR count). The van der Waals surface area contributed by atoms with Crippen molar-refractivity contribution in [3.8, 4) is 0 Å². The van der Waals surface area contributed by atoms with Gasteiger partial charge >= 0.3 is 23.1 Å². The third-order valence-electron chi connectivity index (χ3n) is 0. The molecule has 0 bridgehead atoms. The summed E-state index contributed by atoms with van der Waals surface area (Å²) in [5.41, 5.74) is 0. The van der Waals surface area contributed by atoms with Crippen molar-refractivity contribution in [1.29, 1.82) is 0 Å². The standard InChI is InChI=1S/Mg.Y.Zn.Zr.2H/q+2;;;;2*-1. The fourth-order valence-electron chi connectivity index (χ4n) is 0. The van der Waals surface area contributed by atoms with E-state index in [1.165, 1.54) is 0 Å². The van der Waals surface area contributed by atoms with E-state index in [1.54, 1.807) is 0 Å². The summed E-state index contributed by atoms with van der Waals surface area (Å²) in [6.07, 6.45) is 0. The topological polar surface area (TPSA) is 0 Å². The summed E-state index contributed by atoms with van der Waals surface area (Å²) in [4.78, 5) is 0. The van der Waals surface area contributed by atoms with E-state index in [0.29, 0.717) is 0 Å². The van der Waals surface area contributed by atoms with Crippen molar-refractivity contribution in [2.24, 2.45) is 0 Å². The molecule has 0 heterocycles. The van der Waals surface area contributed by atoms with Crippen LogP contribution in [0.15, 0.2) is 0 Å². The minimum atomic E-state index is 0. The van der Waals surface area contributed by atoms with E-state index in [0.717, 1.165) is 0 Å². The number of rotatable bonds is 0. The predicted molar refractivity (Wildman–Crippen MR) is 7.98 cm³/mol. The summed E-state index contributed by atoms with van der Waals surface area (Å²) in [5.74, 6) is 0. The van der Waals surface area contributed by atoms with Gasteiger partial charge < -0.3 is 2.85 Å². The number of hydrogen-bond acceptors (Lipinski definition) is 0. The van der Waals surface area contributed by atoms with Crippen LogP contribution in [0.25, 0.3) is 0 Å². The van der Waals surface area contributed by atoms with Gasteiger partial charge in [0.15, 0.2) is 0 Å².